The minimum atomic E-state index is -4.37. The second kappa shape index (κ2) is 5.65. The van der Waals surface area contributed by atoms with Crippen molar-refractivity contribution in [2.45, 2.75) is 9.42 Å². The van der Waals surface area contributed by atoms with E-state index in [2.05, 4.69) is 0 Å². The van der Waals surface area contributed by atoms with Gasteiger partial charge in [0.1, 0.15) is 0 Å². The molecule has 1 rings (SSSR count). The molecule has 2 N–H and O–H groups in total. The molecular formula is C5H4Cl2N2NaO5S. The first kappa shape index (κ1) is 16.1. The molecule has 85 valence electrons. The summed E-state index contributed by atoms with van der Waals surface area (Å²) in [4.78, 5) is 32.8. The summed E-state index contributed by atoms with van der Waals surface area (Å²) in [6.07, 6.45) is 0. The number of amides is 4. The van der Waals surface area contributed by atoms with Crippen molar-refractivity contribution in [3.05, 3.63) is 0 Å². The van der Waals surface area contributed by atoms with Gasteiger partial charge in [-0.05, 0) is 0 Å². The van der Waals surface area contributed by atoms with Crippen LogP contribution >= 0.6 is 23.2 Å². The molecule has 1 aliphatic heterocycles. The molecule has 0 saturated carbocycles. The Balaban J connectivity index is 0.00000225. The molecule has 11 heteroatoms. The van der Waals surface area contributed by atoms with E-state index < -0.39 is 37.1 Å². The second-order valence-corrected chi connectivity index (χ2v) is 6.27. The third-order valence-corrected chi connectivity index (χ3v) is 4.60. The summed E-state index contributed by atoms with van der Waals surface area (Å²) in [5.74, 6) is -2.54. The molecule has 0 aromatic heterocycles. The van der Waals surface area contributed by atoms with Crippen LogP contribution in [0.5, 0.6) is 0 Å². The number of alkyl halides is 2. The van der Waals surface area contributed by atoms with Gasteiger partial charge in [0.05, 0.1) is 0 Å². The number of carbonyl (C=O) groups excluding carboxylic acids is 3. The maximum absolute atomic E-state index is 11.3. The Hall–Kier alpha value is 0.140. The van der Waals surface area contributed by atoms with Gasteiger partial charge >= 0.3 is 6.03 Å². The Morgan fingerprint density at radius 2 is 1.44 bits per heavy atom. The van der Waals surface area contributed by atoms with Crippen LogP contribution in [0.25, 0.3) is 0 Å². The molecule has 0 spiro atoms. The first-order valence-electron chi connectivity index (χ1n) is 3.43. The predicted molar refractivity (Wildman–Crippen MR) is 55.6 cm³/mol. The van der Waals surface area contributed by atoms with E-state index in [4.69, 9.17) is 23.2 Å². The summed E-state index contributed by atoms with van der Waals surface area (Å²) in [5.41, 5.74) is 0. The van der Waals surface area contributed by atoms with E-state index >= 15 is 0 Å². The molecule has 0 bridgehead atoms. The SMILES string of the molecule is O=C1NC(=O)C(S(=O)(=O)C(Cl)Cl)C(=O)N1.[Na]. The molecule has 7 nitrogen and oxygen atoms in total. The molecule has 1 radical (unpaired) electrons. The van der Waals surface area contributed by atoms with Crippen molar-refractivity contribution >= 4 is 80.4 Å². The molecule has 0 aromatic carbocycles. The molecule has 0 aromatic rings. The molecule has 0 aliphatic carbocycles. The largest absolute Gasteiger partial charge is 0.328 e. The standard InChI is InChI=1S/C5H4Cl2N2O5S.Na/c6-4(7)15(13,14)1-2(10)8-5(12)9-3(1)11;/h1,4H,(H2,8,9,10,11,12);. The van der Waals surface area contributed by atoms with Crippen LogP contribution in [-0.4, -0.2) is 65.2 Å². The van der Waals surface area contributed by atoms with Gasteiger partial charge in [0.2, 0.25) is 19.3 Å². The number of rotatable bonds is 2. The number of hydrogen-bond donors (Lipinski definition) is 2. The molecule has 16 heavy (non-hydrogen) atoms. The number of barbiturate groups is 1. The average molecular weight is 298 g/mol. The van der Waals surface area contributed by atoms with Gasteiger partial charge in [-0.3, -0.25) is 20.2 Å². The molecule has 0 atom stereocenters. The smallest absolute Gasteiger partial charge is 0.276 e. The van der Waals surface area contributed by atoms with Gasteiger partial charge in [-0.15, -0.1) is 0 Å². The fraction of sp³-hybridized carbons (Fsp3) is 0.400. The number of imide groups is 2. The third-order valence-electron chi connectivity index (χ3n) is 1.53. The van der Waals surface area contributed by atoms with Crippen LogP contribution in [0.2, 0.25) is 0 Å². The van der Waals surface area contributed by atoms with Gasteiger partial charge in [0, 0.05) is 29.6 Å². The molecular weight excluding hydrogens is 294 g/mol. The maximum Gasteiger partial charge on any atom is 0.328 e. The van der Waals surface area contributed by atoms with Crippen molar-refractivity contribution in [2.75, 3.05) is 0 Å². The van der Waals surface area contributed by atoms with Crippen LogP contribution in [0.3, 0.4) is 0 Å². The summed E-state index contributed by atoms with van der Waals surface area (Å²) < 4.78 is 20.7. The van der Waals surface area contributed by atoms with Crippen LogP contribution in [0.15, 0.2) is 0 Å². The fourth-order valence-electron chi connectivity index (χ4n) is 0.906. The summed E-state index contributed by atoms with van der Waals surface area (Å²) in [5, 5.41) is 1.13. The first-order chi connectivity index (χ1) is 6.76. The number of nitrogens with one attached hydrogen (secondary N) is 2. The van der Waals surface area contributed by atoms with Gasteiger partial charge in [0.25, 0.3) is 11.8 Å². The number of hydrogen-bond acceptors (Lipinski definition) is 5. The third kappa shape index (κ3) is 3.08. The summed E-state index contributed by atoms with van der Waals surface area (Å²) in [7, 11) is -4.37. The molecule has 1 saturated heterocycles. The average Bonchev–Trinajstić information content (AvgIpc) is 2.00. The summed E-state index contributed by atoms with van der Waals surface area (Å²) >= 11 is 10.2. The van der Waals surface area contributed by atoms with Crippen molar-refractivity contribution in [3.63, 3.8) is 0 Å². The predicted octanol–water partition coefficient (Wildman–Crippen LogP) is -1.48. The number of urea groups is 1. The van der Waals surface area contributed by atoms with E-state index in [9.17, 15) is 22.8 Å². The zero-order valence-electron chi connectivity index (χ0n) is 7.86. The van der Waals surface area contributed by atoms with Crippen molar-refractivity contribution in [1.82, 2.24) is 10.6 Å². The summed E-state index contributed by atoms with van der Waals surface area (Å²) in [6, 6.07) is -1.09. The van der Waals surface area contributed by atoms with E-state index in [-0.39, 0.29) is 29.6 Å². The van der Waals surface area contributed by atoms with Crippen LogP contribution in [-0.2, 0) is 19.4 Å². The Morgan fingerprint density at radius 1 is 1.06 bits per heavy atom. The van der Waals surface area contributed by atoms with Gasteiger partial charge in [-0.2, -0.15) is 0 Å². The zero-order chi connectivity index (χ0) is 11.8. The minimum Gasteiger partial charge on any atom is -0.276 e. The van der Waals surface area contributed by atoms with Crippen LogP contribution in [0.4, 0.5) is 4.79 Å². The van der Waals surface area contributed by atoms with Gasteiger partial charge < -0.3 is 0 Å². The quantitative estimate of drug-likeness (QED) is 0.367. The zero-order valence-corrected chi connectivity index (χ0v) is 12.2. The molecule has 1 aliphatic rings. The van der Waals surface area contributed by atoms with Crippen LogP contribution in [0.1, 0.15) is 0 Å². The van der Waals surface area contributed by atoms with Gasteiger partial charge in [-0.1, -0.05) is 23.2 Å². The minimum absolute atomic E-state index is 0. The number of carbonyl (C=O) groups is 3. The van der Waals surface area contributed by atoms with E-state index in [1.807, 2.05) is 0 Å². The van der Waals surface area contributed by atoms with Crippen molar-refractivity contribution in [1.29, 1.82) is 0 Å². The Bertz CT molecular complexity index is 416. The van der Waals surface area contributed by atoms with Crippen LogP contribution < -0.4 is 10.6 Å². The van der Waals surface area contributed by atoms with Gasteiger partial charge in [0.15, 0.2) is 0 Å². The van der Waals surface area contributed by atoms with E-state index in [0.717, 1.165) is 0 Å². The molecule has 4 amide bonds. The first-order valence-corrected chi connectivity index (χ1v) is 5.91. The van der Waals surface area contributed by atoms with Crippen molar-refractivity contribution in [2.24, 2.45) is 0 Å². The normalized spacial score (nSPS) is 17.8. The summed E-state index contributed by atoms with van der Waals surface area (Å²) in [6.45, 7) is 0. The van der Waals surface area contributed by atoms with Crippen LogP contribution in [0, 0.1) is 0 Å². The number of sulfone groups is 1. The van der Waals surface area contributed by atoms with E-state index in [1.165, 1.54) is 0 Å². The van der Waals surface area contributed by atoms with Gasteiger partial charge in [-0.25, -0.2) is 13.2 Å². The fourth-order valence-corrected chi connectivity index (χ4v) is 2.44. The van der Waals surface area contributed by atoms with Crippen molar-refractivity contribution < 1.29 is 22.8 Å². The van der Waals surface area contributed by atoms with E-state index in [0.29, 0.717) is 0 Å². The molecule has 1 heterocycles. The Labute approximate surface area is 122 Å². The molecule has 1 fully saturated rings. The van der Waals surface area contributed by atoms with Crippen molar-refractivity contribution in [3.8, 4) is 0 Å². The monoisotopic (exact) mass is 297 g/mol. The Kier molecular flexibility index (Phi) is 5.70. The maximum atomic E-state index is 11.3. The topological polar surface area (TPSA) is 109 Å². The Morgan fingerprint density at radius 3 is 1.75 bits per heavy atom. The van der Waals surface area contributed by atoms with E-state index in [1.54, 1.807) is 10.6 Å². The molecule has 0 unspecified atom stereocenters. The number of halogens is 2. The second-order valence-electron chi connectivity index (χ2n) is 2.54.